The lowest BCUT2D eigenvalue weighted by molar-refractivity contribution is 0.0254. The molecule has 3 unspecified atom stereocenters. The number of halogens is 1. The van der Waals surface area contributed by atoms with Crippen molar-refractivity contribution < 1.29 is 9.13 Å². The fraction of sp³-hybridized carbons (Fsp3) is 0.647. The Morgan fingerprint density at radius 2 is 2.29 bits per heavy atom. The first-order valence-electron chi connectivity index (χ1n) is 8.11. The molecule has 0 aromatic heterocycles. The molecule has 4 heteroatoms. The van der Waals surface area contributed by atoms with E-state index < -0.39 is 0 Å². The van der Waals surface area contributed by atoms with E-state index in [1.165, 1.54) is 6.42 Å². The van der Waals surface area contributed by atoms with E-state index >= 15 is 0 Å². The molecule has 1 saturated carbocycles. The van der Waals surface area contributed by atoms with Crippen LogP contribution in [0.25, 0.3) is 0 Å². The van der Waals surface area contributed by atoms with Crippen molar-refractivity contribution in [2.75, 3.05) is 24.6 Å². The summed E-state index contributed by atoms with van der Waals surface area (Å²) in [5.74, 6) is -0.107. The second-order valence-corrected chi connectivity index (χ2v) is 6.09. The first-order chi connectivity index (χ1) is 10.2. The lowest BCUT2D eigenvalue weighted by atomic mass is 10.0. The number of morpholine rings is 1. The van der Waals surface area contributed by atoms with Gasteiger partial charge in [-0.05, 0) is 50.4 Å². The molecule has 1 N–H and O–H groups in total. The Balaban J connectivity index is 1.82. The number of hydrogen-bond acceptors (Lipinski definition) is 3. The molecule has 0 amide bonds. The predicted octanol–water partition coefficient (Wildman–Crippen LogP) is 3.25. The average Bonchev–Trinajstić information content (AvgIpc) is 2.96. The van der Waals surface area contributed by atoms with Gasteiger partial charge in [0, 0.05) is 12.6 Å². The number of hydrogen-bond donors (Lipinski definition) is 1. The third-order valence-electron chi connectivity index (χ3n) is 4.77. The number of benzene rings is 1. The highest BCUT2D eigenvalue weighted by Gasteiger charge is 2.37. The molecule has 1 aromatic carbocycles. The monoisotopic (exact) mass is 292 g/mol. The molecule has 21 heavy (non-hydrogen) atoms. The van der Waals surface area contributed by atoms with Gasteiger partial charge in [-0.1, -0.05) is 13.0 Å². The number of anilines is 1. The van der Waals surface area contributed by atoms with Gasteiger partial charge in [-0.25, -0.2) is 4.39 Å². The first-order valence-corrected chi connectivity index (χ1v) is 8.11. The second-order valence-electron chi connectivity index (χ2n) is 6.09. The molecule has 0 bridgehead atoms. The number of fused-ring (bicyclic) bond motifs is 1. The maximum atomic E-state index is 14.6. The van der Waals surface area contributed by atoms with Crippen LogP contribution >= 0.6 is 0 Å². The van der Waals surface area contributed by atoms with Crippen LogP contribution in [0.3, 0.4) is 0 Å². The molecule has 116 valence electrons. The van der Waals surface area contributed by atoms with E-state index in [0.29, 0.717) is 18.8 Å². The topological polar surface area (TPSA) is 24.5 Å². The summed E-state index contributed by atoms with van der Waals surface area (Å²) < 4.78 is 20.4. The van der Waals surface area contributed by atoms with Gasteiger partial charge < -0.3 is 15.0 Å². The van der Waals surface area contributed by atoms with E-state index in [-0.39, 0.29) is 11.9 Å². The van der Waals surface area contributed by atoms with Gasteiger partial charge in [-0.3, -0.25) is 0 Å². The van der Waals surface area contributed by atoms with E-state index in [4.69, 9.17) is 4.74 Å². The van der Waals surface area contributed by atoms with Gasteiger partial charge in [-0.2, -0.15) is 0 Å². The highest BCUT2D eigenvalue weighted by molar-refractivity contribution is 5.51. The Labute approximate surface area is 126 Å². The molecule has 1 aliphatic carbocycles. The van der Waals surface area contributed by atoms with Crippen molar-refractivity contribution in [3.05, 3.63) is 29.6 Å². The van der Waals surface area contributed by atoms with Crippen LogP contribution in [0.15, 0.2) is 18.2 Å². The molecule has 1 aromatic rings. The van der Waals surface area contributed by atoms with Crippen molar-refractivity contribution >= 4 is 5.69 Å². The lowest BCUT2D eigenvalue weighted by Gasteiger charge is -2.39. The average molecular weight is 292 g/mol. The van der Waals surface area contributed by atoms with E-state index in [1.54, 1.807) is 6.07 Å². The maximum absolute atomic E-state index is 14.6. The molecular weight excluding hydrogens is 267 g/mol. The van der Waals surface area contributed by atoms with Crippen LogP contribution in [0.5, 0.6) is 0 Å². The largest absolute Gasteiger partial charge is 0.374 e. The first kappa shape index (κ1) is 14.8. The van der Waals surface area contributed by atoms with Gasteiger partial charge in [0.25, 0.3) is 0 Å². The van der Waals surface area contributed by atoms with E-state index in [9.17, 15) is 4.39 Å². The zero-order valence-corrected chi connectivity index (χ0v) is 12.9. The Kier molecular flexibility index (Phi) is 4.45. The minimum atomic E-state index is -0.107. The minimum absolute atomic E-state index is 0.107. The highest BCUT2D eigenvalue weighted by atomic mass is 19.1. The highest BCUT2D eigenvalue weighted by Crippen LogP contribution is 2.34. The SMILES string of the molecule is CCNC(C)c1ccc(N2CCOC3CCCC32)c(F)c1. The molecule has 1 heterocycles. The number of nitrogens with zero attached hydrogens (tertiary/aromatic N) is 1. The van der Waals surface area contributed by atoms with Crippen molar-refractivity contribution in [2.45, 2.75) is 51.3 Å². The Bertz CT molecular complexity index is 494. The molecule has 3 nitrogen and oxygen atoms in total. The molecule has 0 spiro atoms. The quantitative estimate of drug-likeness (QED) is 0.922. The molecule has 2 aliphatic rings. The third-order valence-corrected chi connectivity index (χ3v) is 4.77. The van der Waals surface area contributed by atoms with Crippen LogP contribution in [-0.2, 0) is 4.74 Å². The molecular formula is C17H25FN2O. The minimum Gasteiger partial charge on any atom is -0.374 e. The smallest absolute Gasteiger partial charge is 0.146 e. The van der Waals surface area contributed by atoms with Gasteiger partial charge in [0.1, 0.15) is 5.82 Å². The van der Waals surface area contributed by atoms with Crippen molar-refractivity contribution in [3.8, 4) is 0 Å². The molecule has 0 radical (unpaired) electrons. The number of nitrogens with one attached hydrogen (secondary N) is 1. The van der Waals surface area contributed by atoms with Crippen LogP contribution in [0.1, 0.15) is 44.7 Å². The molecule has 1 saturated heterocycles. The lowest BCUT2D eigenvalue weighted by Crippen LogP contribution is -2.49. The summed E-state index contributed by atoms with van der Waals surface area (Å²) in [5, 5.41) is 3.32. The van der Waals surface area contributed by atoms with Crippen molar-refractivity contribution in [1.29, 1.82) is 0 Å². The standard InChI is InChI=1S/C17H25FN2O/c1-3-19-12(2)13-7-8-15(14(18)11-13)20-9-10-21-17-6-4-5-16(17)20/h7-8,11-12,16-17,19H,3-6,9-10H2,1-2H3. The fourth-order valence-electron chi connectivity index (χ4n) is 3.67. The van der Waals surface area contributed by atoms with E-state index in [2.05, 4.69) is 24.1 Å². The van der Waals surface area contributed by atoms with Crippen LogP contribution in [0, 0.1) is 5.82 Å². The Hall–Kier alpha value is -1.13. The van der Waals surface area contributed by atoms with Gasteiger partial charge in [0.2, 0.25) is 0 Å². The van der Waals surface area contributed by atoms with Gasteiger partial charge in [0.05, 0.1) is 24.4 Å². The summed E-state index contributed by atoms with van der Waals surface area (Å²) in [6.07, 6.45) is 3.69. The van der Waals surface area contributed by atoms with Crippen LogP contribution in [0.2, 0.25) is 0 Å². The van der Waals surface area contributed by atoms with Crippen LogP contribution in [0.4, 0.5) is 10.1 Å². The predicted molar refractivity (Wildman–Crippen MR) is 83.2 cm³/mol. The normalized spacial score (nSPS) is 26.7. The summed E-state index contributed by atoms with van der Waals surface area (Å²) in [6, 6.07) is 6.21. The van der Waals surface area contributed by atoms with E-state index in [1.807, 2.05) is 12.1 Å². The van der Waals surface area contributed by atoms with Crippen molar-refractivity contribution in [2.24, 2.45) is 0 Å². The molecule has 3 atom stereocenters. The second kappa shape index (κ2) is 6.32. The summed E-state index contributed by atoms with van der Waals surface area (Å²) in [7, 11) is 0. The Morgan fingerprint density at radius 3 is 3.05 bits per heavy atom. The summed E-state index contributed by atoms with van der Waals surface area (Å²) in [4.78, 5) is 2.22. The zero-order chi connectivity index (χ0) is 14.8. The molecule has 1 aliphatic heterocycles. The summed E-state index contributed by atoms with van der Waals surface area (Å²) >= 11 is 0. The summed E-state index contributed by atoms with van der Waals surface area (Å²) in [6.45, 7) is 6.52. The van der Waals surface area contributed by atoms with Gasteiger partial charge in [-0.15, -0.1) is 0 Å². The van der Waals surface area contributed by atoms with Gasteiger partial charge in [0.15, 0.2) is 0 Å². The maximum Gasteiger partial charge on any atom is 0.146 e. The fourth-order valence-corrected chi connectivity index (χ4v) is 3.67. The van der Waals surface area contributed by atoms with Crippen molar-refractivity contribution in [1.82, 2.24) is 5.32 Å². The van der Waals surface area contributed by atoms with Crippen molar-refractivity contribution in [3.63, 3.8) is 0 Å². The van der Waals surface area contributed by atoms with E-state index in [0.717, 1.165) is 37.2 Å². The third kappa shape index (κ3) is 2.92. The Morgan fingerprint density at radius 1 is 1.43 bits per heavy atom. The molecule has 2 fully saturated rings. The van der Waals surface area contributed by atoms with Gasteiger partial charge >= 0.3 is 0 Å². The number of rotatable bonds is 4. The summed E-state index contributed by atoms with van der Waals surface area (Å²) in [5.41, 5.74) is 1.75. The van der Waals surface area contributed by atoms with Crippen LogP contribution < -0.4 is 10.2 Å². The number of ether oxygens (including phenoxy) is 1. The van der Waals surface area contributed by atoms with Crippen LogP contribution in [-0.4, -0.2) is 31.8 Å². The molecule has 3 rings (SSSR count). The zero-order valence-electron chi connectivity index (χ0n) is 12.9.